The molecule has 0 heterocycles. The Labute approximate surface area is 143 Å². The van der Waals surface area contributed by atoms with Gasteiger partial charge in [-0.3, -0.25) is 0 Å². The zero-order valence-electron chi connectivity index (χ0n) is 12.6. The molecule has 2 rings (SSSR count). The number of benzene rings is 2. The lowest BCUT2D eigenvalue weighted by molar-refractivity contribution is 0.404. The molecule has 2 aromatic carbocycles. The Bertz CT molecular complexity index is 683. The highest BCUT2D eigenvalue weighted by Gasteiger charge is 2.20. The van der Waals surface area contributed by atoms with Gasteiger partial charge in [0.15, 0.2) is 0 Å². The molecule has 2 nitrogen and oxygen atoms in total. The quantitative estimate of drug-likeness (QED) is 0.752. The smallest absolute Gasteiger partial charge is 0.127 e. The highest BCUT2D eigenvalue weighted by atomic mass is 79.9. The second kappa shape index (κ2) is 6.51. The van der Waals surface area contributed by atoms with E-state index in [1.54, 1.807) is 7.11 Å². The van der Waals surface area contributed by atoms with Crippen LogP contribution in [0.2, 0.25) is 0 Å². The Morgan fingerprint density at radius 3 is 2.24 bits per heavy atom. The summed E-state index contributed by atoms with van der Waals surface area (Å²) in [5, 5.41) is 0. The first-order valence-electron chi connectivity index (χ1n) is 6.72. The summed E-state index contributed by atoms with van der Waals surface area (Å²) in [7, 11) is 1.69. The monoisotopic (exact) mass is 411 g/mol. The zero-order valence-corrected chi connectivity index (χ0v) is 15.8. The zero-order chi connectivity index (χ0) is 15.7. The van der Waals surface area contributed by atoms with Crippen molar-refractivity contribution in [3.63, 3.8) is 0 Å². The second-order valence-electron chi connectivity index (χ2n) is 5.23. The maximum absolute atomic E-state index is 6.53. The van der Waals surface area contributed by atoms with Gasteiger partial charge in [-0.2, -0.15) is 0 Å². The van der Waals surface area contributed by atoms with Crippen LogP contribution in [0, 0.1) is 20.8 Å². The van der Waals surface area contributed by atoms with E-state index in [-0.39, 0.29) is 6.04 Å². The molecule has 0 amide bonds. The number of methoxy groups -OCH3 is 1. The number of rotatable bonds is 3. The molecule has 0 radical (unpaired) electrons. The SMILES string of the molecule is COc1c(C)cc(Br)c(C)c1C(N)c1ccc(Br)c(C)c1. The standard InChI is InChI=1S/C17H19Br2NO/c1-9-7-12(5-6-13(9)18)16(20)15-11(3)14(19)8-10(2)17(15)21-4/h5-8,16H,20H2,1-4H3. The minimum Gasteiger partial charge on any atom is -0.496 e. The van der Waals surface area contributed by atoms with E-state index in [0.717, 1.165) is 36.9 Å². The first-order valence-corrected chi connectivity index (χ1v) is 8.30. The van der Waals surface area contributed by atoms with Gasteiger partial charge in [0.25, 0.3) is 0 Å². The van der Waals surface area contributed by atoms with Crippen LogP contribution in [0.1, 0.15) is 33.9 Å². The Balaban J connectivity index is 2.62. The summed E-state index contributed by atoms with van der Waals surface area (Å²) in [5.41, 5.74) is 12.0. The molecule has 0 saturated heterocycles. The summed E-state index contributed by atoms with van der Waals surface area (Å²) in [6, 6.07) is 8.05. The van der Waals surface area contributed by atoms with Gasteiger partial charge in [-0.1, -0.05) is 44.0 Å². The van der Waals surface area contributed by atoms with Gasteiger partial charge in [0.2, 0.25) is 0 Å². The van der Waals surface area contributed by atoms with Crippen molar-refractivity contribution in [3.8, 4) is 5.75 Å². The molecule has 1 unspecified atom stereocenters. The number of hydrogen-bond acceptors (Lipinski definition) is 2. The second-order valence-corrected chi connectivity index (χ2v) is 6.94. The van der Waals surface area contributed by atoms with Crippen molar-refractivity contribution in [2.24, 2.45) is 5.73 Å². The highest BCUT2D eigenvalue weighted by Crippen LogP contribution is 2.38. The lowest BCUT2D eigenvalue weighted by atomic mass is 9.92. The van der Waals surface area contributed by atoms with Crippen molar-refractivity contribution >= 4 is 31.9 Å². The number of aryl methyl sites for hydroxylation is 2. The van der Waals surface area contributed by atoms with Crippen molar-refractivity contribution in [1.29, 1.82) is 0 Å². The van der Waals surface area contributed by atoms with Gasteiger partial charge in [0, 0.05) is 14.5 Å². The van der Waals surface area contributed by atoms with E-state index < -0.39 is 0 Å². The van der Waals surface area contributed by atoms with Crippen LogP contribution in [0.4, 0.5) is 0 Å². The number of hydrogen-bond donors (Lipinski definition) is 1. The largest absolute Gasteiger partial charge is 0.496 e. The van der Waals surface area contributed by atoms with Crippen LogP contribution in [0.15, 0.2) is 33.2 Å². The molecular weight excluding hydrogens is 394 g/mol. The van der Waals surface area contributed by atoms with E-state index in [4.69, 9.17) is 10.5 Å². The van der Waals surface area contributed by atoms with E-state index in [1.807, 2.05) is 13.0 Å². The molecule has 0 bridgehead atoms. The highest BCUT2D eigenvalue weighted by molar-refractivity contribution is 9.10. The minimum atomic E-state index is -0.219. The fraction of sp³-hybridized carbons (Fsp3) is 0.294. The third-order valence-corrected chi connectivity index (χ3v) is 5.48. The third-order valence-electron chi connectivity index (χ3n) is 3.76. The van der Waals surface area contributed by atoms with Crippen molar-refractivity contribution in [2.45, 2.75) is 26.8 Å². The average Bonchev–Trinajstić information content (AvgIpc) is 2.44. The molecule has 0 saturated carbocycles. The lowest BCUT2D eigenvalue weighted by Crippen LogP contribution is -2.15. The van der Waals surface area contributed by atoms with E-state index in [2.05, 4.69) is 63.9 Å². The molecular formula is C17H19Br2NO. The summed E-state index contributed by atoms with van der Waals surface area (Å²) in [5.74, 6) is 0.865. The van der Waals surface area contributed by atoms with E-state index in [9.17, 15) is 0 Å². The van der Waals surface area contributed by atoms with Crippen molar-refractivity contribution in [3.05, 3.63) is 61.0 Å². The summed E-state index contributed by atoms with van der Waals surface area (Å²) in [6.07, 6.45) is 0. The molecule has 0 fully saturated rings. The summed E-state index contributed by atoms with van der Waals surface area (Å²) in [6.45, 7) is 6.16. The van der Waals surface area contributed by atoms with Gasteiger partial charge in [-0.25, -0.2) is 0 Å². The van der Waals surface area contributed by atoms with Crippen molar-refractivity contribution < 1.29 is 4.74 Å². The normalized spacial score (nSPS) is 12.3. The van der Waals surface area contributed by atoms with E-state index in [0.29, 0.717) is 0 Å². The summed E-state index contributed by atoms with van der Waals surface area (Å²) < 4.78 is 7.74. The predicted octanol–water partition coefficient (Wildman–Crippen LogP) is 5.19. The number of nitrogens with two attached hydrogens (primary N) is 1. The molecule has 1 atom stereocenters. The van der Waals surface area contributed by atoms with Gasteiger partial charge in [0.1, 0.15) is 5.75 Å². The van der Waals surface area contributed by atoms with Gasteiger partial charge in [0.05, 0.1) is 13.2 Å². The van der Waals surface area contributed by atoms with Crippen LogP contribution in [0.5, 0.6) is 5.75 Å². The minimum absolute atomic E-state index is 0.219. The van der Waals surface area contributed by atoms with Crippen molar-refractivity contribution in [1.82, 2.24) is 0 Å². The van der Waals surface area contributed by atoms with Gasteiger partial charge in [-0.15, -0.1) is 0 Å². The molecule has 112 valence electrons. The Hall–Kier alpha value is -0.840. The fourth-order valence-corrected chi connectivity index (χ4v) is 3.35. The van der Waals surface area contributed by atoms with Crippen LogP contribution in [0.25, 0.3) is 0 Å². The van der Waals surface area contributed by atoms with Gasteiger partial charge < -0.3 is 10.5 Å². The van der Waals surface area contributed by atoms with E-state index >= 15 is 0 Å². The summed E-state index contributed by atoms with van der Waals surface area (Å²) >= 11 is 7.14. The van der Waals surface area contributed by atoms with Gasteiger partial charge in [-0.05, 0) is 55.2 Å². The van der Waals surface area contributed by atoms with Gasteiger partial charge >= 0.3 is 0 Å². The maximum Gasteiger partial charge on any atom is 0.127 e. The average molecular weight is 413 g/mol. The molecule has 2 N–H and O–H groups in total. The topological polar surface area (TPSA) is 35.2 Å². The van der Waals surface area contributed by atoms with E-state index in [1.165, 1.54) is 5.56 Å². The first kappa shape index (κ1) is 16.5. The molecule has 4 heteroatoms. The van der Waals surface area contributed by atoms with Crippen molar-refractivity contribution in [2.75, 3.05) is 7.11 Å². The van der Waals surface area contributed by atoms with Crippen LogP contribution in [-0.2, 0) is 0 Å². The predicted molar refractivity (Wildman–Crippen MR) is 95.1 cm³/mol. The molecule has 0 aromatic heterocycles. The molecule has 0 aliphatic carbocycles. The number of halogens is 2. The lowest BCUT2D eigenvalue weighted by Gasteiger charge is -2.22. The Kier molecular flexibility index (Phi) is 5.12. The van der Waals surface area contributed by atoms with Crippen LogP contribution in [0.3, 0.4) is 0 Å². The fourth-order valence-electron chi connectivity index (χ4n) is 2.55. The summed E-state index contributed by atoms with van der Waals surface area (Å²) in [4.78, 5) is 0. The van der Waals surface area contributed by atoms with Crippen LogP contribution >= 0.6 is 31.9 Å². The first-order chi connectivity index (χ1) is 9.86. The third kappa shape index (κ3) is 3.17. The molecule has 2 aromatic rings. The molecule has 21 heavy (non-hydrogen) atoms. The molecule has 0 aliphatic heterocycles. The Morgan fingerprint density at radius 1 is 1.00 bits per heavy atom. The molecule has 0 aliphatic rings. The Morgan fingerprint density at radius 2 is 1.67 bits per heavy atom. The number of ether oxygens (including phenoxy) is 1. The molecule has 0 spiro atoms. The maximum atomic E-state index is 6.53. The van der Waals surface area contributed by atoms with Crippen LogP contribution in [-0.4, -0.2) is 7.11 Å². The van der Waals surface area contributed by atoms with Crippen LogP contribution < -0.4 is 10.5 Å².